The number of hydrogen-bond donors (Lipinski definition) is 1. The molecule has 0 aliphatic rings. The monoisotopic (exact) mass is 284 g/mol. The van der Waals surface area contributed by atoms with Gasteiger partial charge in [0.1, 0.15) is 11.6 Å². The zero-order chi connectivity index (χ0) is 15.5. The third-order valence-electron chi connectivity index (χ3n) is 3.24. The second-order valence-electron chi connectivity index (χ2n) is 6.24. The van der Waals surface area contributed by atoms with E-state index in [1.165, 1.54) is 11.1 Å². The van der Waals surface area contributed by atoms with Crippen LogP contribution in [0.5, 0.6) is 11.6 Å². The topological polar surface area (TPSA) is 34.1 Å². The Morgan fingerprint density at radius 3 is 2.57 bits per heavy atom. The lowest BCUT2D eigenvalue weighted by molar-refractivity contribution is 0.440. The van der Waals surface area contributed by atoms with Crippen LogP contribution in [-0.4, -0.2) is 11.5 Å². The first-order valence-electron chi connectivity index (χ1n) is 7.40. The molecular weight excluding hydrogens is 260 g/mol. The number of aryl methyl sites for hydroxylation is 1. The molecule has 0 spiro atoms. The SMILES string of the molecule is CCNc1cccc(Oc2cc(C)ccc2C(C)(C)C)n1. The zero-order valence-electron chi connectivity index (χ0n) is 13.5. The van der Waals surface area contributed by atoms with E-state index in [9.17, 15) is 0 Å². The Hall–Kier alpha value is -2.03. The van der Waals surface area contributed by atoms with Crippen molar-refractivity contribution in [2.45, 2.75) is 40.0 Å². The van der Waals surface area contributed by atoms with E-state index < -0.39 is 0 Å². The number of rotatable bonds is 4. The Morgan fingerprint density at radius 2 is 1.90 bits per heavy atom. The van der Waals surface area contributed by atoms with Crippen LogP contribution in [0.15, 0.2) is 36.4 Å². The number of hydrogen-bond acceptors (Lipinski definition) is 3. The Labute approximate surface area is 127 Å². The van der Waals surface area contributed by atoms with Gasteiger partial charge in [0, 0.05) is 18.2 Å². The highest BCUT2D eigenvalue weighted by Gasteiger charge is 2.19. The van der Waals surface area contributed by atoms with Crippen molar-refractivity contribution in [2.75, 3.05) is 11.9 Å². The van der Waals surface area contributed by atoms with Crippen molar-refractivity contribution in [2.24, 2.45) is 0 Å². The normalized spacial score (nSPS) is 11.3. The maximum Gasteiger partial charge on any atom is 0.221 e. The summed E-state index contributed by atoms with van der Waals surface area (Å²) in [5.74, 6) is 2.33. The van der Waals surface area contributed by atoms with Crippen LogP contribution in [0.3, 0.4) is 0 Å². The van der Waals surface area contributed by atoms with Crippen molar-refractivity contribution in [3.8, 4) is 11.6 Å². The molecule has 0 saturated carbocycles. The predicted octanol–water partition coefficient (Wildman–Crippen LogP) is 4.91. The lowest BCUT2D eigenvalue weighted by Crippen LogP contribution is -2.12. The summed E-state index contributed by atoms with van der Waals surface area (Å²) in [4.78, 5) is 4.48. The van der Waals surface area contributed by atoms with E-state index in [4.69, 9.17) is 4.74 Å². The van der Waals surface area contributed by atoms with Crippen LogP contribution in [0.1, 0.15) is 38.8 Å². The molecule has 0 aliphatic carbocycles. The van der Waals surface area contributed by atoms with E-state index in [-0.39, 0.29) is 5.41 Å². The van der Waals surface area contributed by atoms with Gasteiger partial charge in [0.25, 0.3) is 0 Å². The maximum absolute atomic E-state index is 6.05. The summed E-state index contributed by atoms with van der Waals surface area (Å²) in [7, 11) is 0. The Bertz CT molecular complexity index is 615. The van der Waals surface area contributed by atoms with Gasteiger partial charge in [0.2, 0.25) is 5.88 Å². The van der Waals surface area contributed by atoms with Gasteiger partial charge in [-0.2, -0.15) is 4.98 Å². The lowest BCUT2D eigenvalue weighted by atomic mass is 9.86. The van der Waals surface area contributed by atoms with Gasteiger partial charge in [-0.25, -0.2) is 0 Å². The third kappa shape index (κ3) is 3.97. The number of nitrogens with one attached hydrogen (secondary N) is 1. The molecule has 3 nitrogen and oxygen atoms in total. The second-order valence-corrected chi connectivity index (χ2v) is 6.24. The third-order valence-corrected chi connectivity index (χ3v) is 3.24. The van der Waals surface area contributed by atoms with Crippen LogP contribution in [0, 0.1) is 6.92 Å². The largest absolute Gasteiger partial charge is 0.439 e. The second kappa shape index (κ2) is 6.17. The van der Waals surface area contributed by atoms with Crippen LogP contribution in [0.4, 0.5) is 5.82 Å². The minimum Gasteiger partial charge on any atom is -0.439 e. The summed E-state index contributed by atoms with van der Waals surface area (Å²) in [5, 5.41) is 3.20. The first-order valence-corrected chi connectivity index (χ1v) is 7.40. The van der Waals surface area contributed by atoms with Crippen LogP contribution < -0.4 is 10.1 Å². The van der Waals surface area contributed by atoms with Gasteiger partial charge < -0.3 is 10.1 Å². The molecule has 1 heterocycles. The molecule has 0 bridgehead atoms. The molecule has 21 heavy (non-hydrogen) atoms. The van der Waals surface area contributed by atoms with Crippen molar-refractivity contribution in [1.82, 2.24) is 4.98 Å². The quantitative estimate of drug-likeness (QED) is 0.866. The number of aromatic nitrogens is 1. The van der Waals surface area contributed by atoms with Crippen molar-refractivity contribution >= 4 is 5.82 Å². The summed E-state index contributed by atoms with van der Waals surface area (Å²) < 4.78 is 6.05. The number of pyridine rings is 1. The Kier molecular flexibility index (Phi) is 4.51. The highest BCUT2D eigenvalue weighted by Crippen LogP contribution is 2.34. The average molecular weight is 284 g/mol. The molecule has 1 aromatic heterocycles. The molecule has 0 radical (unpaired) electrons. The molecule has 2 aromatic rings. The number of benzene rings is 1. The van der Waals surface area contributed by atoms with E-state index in [1.807, 2.05) is 25.1 Å². The Balaban J connectivity index is 2.34. The fourth-order valence-electron chi connectivity index (χ4n) is 2.20. The van der Waals surface area contributed by atoms with Crippen molar-refractivity contribution < 1.29 is 4.74 Å². The molecule has 3 heteroatoms. The van der Waals surface area contributed by atoms with E-state index in [0.717, 1.165) is 18.1 Å². The van der Waals surface area contributed by atoms with Crippen molar-refractivity contribution in [3.63, 3.8) is 0 Å². The van der Waals surface area contributed by atoms with Crippen LogP contribution in [0.25, 0.3) is 0 Å². The number of nitrogens with zero attached hydrogens (tertiary/aromatic N) is 1. The van der Waals surface area contributed by atoms with Crippen LogP contribution in [-0.2, 0) is 5.41 Å². The lowest BCUT2D eigenvalue weighted by Gasteiger charge is -2.23. The molecule has 0 atom stereocenters. The van der Waals surface area contributed by atoms with E-state index in [0.29, 0.717) is 5.88 Å². The van der Waals surface area contributed by atoms with Crippen LogP contribution in [0.2, 0.25) is 0 Å². The van der Waals surface area contributed by atoms with Crippen LogP contribution >= 0.6 is 0 Å². The summed E-state index contributed by atoms with van der Waals surface area (Å²) in [6.07, 6.45) is 0. The van der Waals surface area contributed by atoms with Gasteiger partial charge in [-0.05, 0) is 37.0 Å². The van der Waals surface area contributed by atoms with Gasteiger partial charge in [0.15, 0.2) is 0 Å². The minimum absolute atomic E-state index is 0.0301. The molecule has 0 amide bonds. The fourth-order valence-corrected chi connectivity index (χ4v) is 2.20. The van der Waals surface area contributed by atoms with Gasteiger partial charge >= 0.3 is 0 Å². The first kappa shape index (κ1) is 15.4. The van der Waals surface area contributed by atoms with Crippen molar-refractivity contribution in [3.05, 3.63) is 47.5 Å². The molecule has 0 aliphatic heterocycles. The minimum atomic E-state index is 0.0301. The smallest absolute Gasteiger partial charge is 0.221 e. The molecule has 1 aromatic carbocycles. The Morgan fingerprint density at radius 1 is 1.14 bits per heavy atom. The van der Waals surface area contributed by atoms with E-state index in [1.54, 1.807) is 0 Å². The standard InChI is InChI=1S/C18H24N2O/c1-6-19-16-8-7-9-17(20-16)21-15-12-13(2)10-11-14(15)18(3,4)5/h7-12H,6H2,1-5H3,(H,19,20). The van der Waals surface area contributed by atoms with E-state index in [2.05, 4.69) is 56.2 Å². The summed E-state index contributed by atoms with van der Waals surface area (Å²) in [5.41, 5.74) is 2.40. The highest BCUT2D eigenvalue weighted by atomic mass is 16.5. The highest BCUT2D eigenvalue weighted by molar-refractivity contribution is 5.44. The molecule has 1 N–H and O–H groups in total. The average Bonchev–Trinajstić information content (AvgIpc) is 2.38. The summed E-state index contributed by atoms with van der Waals surface area (Å²) in [6.45, 7) is 11.5. The molecule has 112 valence electrons. The molecule has 0 unspecified atom stereocenters. The molecule has 2 rings (SSSR count). The maximum atomic E-state index is 6.05. The van der Waals surface area contributed by atoms with Gasteiger partial charge in [-0.1, -0.05) is 39.0 Å². The number of ether oxygens (including phenoxy) is 1. The fraction of sp³-hybridized carbons (Fsp3) is 0.389. The van der Waals surface area contributed by atoms with Gasteiger partial charge in [-0.15, -0.1) is 0 Å². The van der Waals surface area contributed by atoms with Gasteiger partial charge in [-0.3, -0.25) is 0 Å². The molecule has 0 saturated heterocycles. The molecule has 0 fully saturated rings. The van der Waals surface area contributed by atoms with E-state index >= 15 is 0 Å². The zero-order valence-corrected chi connectivity index (χ0v) is 13.5. The van der Waals surface area contributed by atoms with Crippen molar-refractivity contribution in [1.29, 1.82) is 0 Å². The molecular formula is C18H24N2O. The van der Waals surface area contributed by atoms with Gasteiger partial charge in [0.05, 0.1) is 0 Å². The summed E-state index contributed by atoms with van der Waals surface area (Å²) in [6, 6.07) is 12.1. The predicted molar refractivity (Wildman–Crippen MR) is 88.4 cm³/mol. The summed E-state index contributed by atoms with van der Waals surface area (Å²) >= 11 is 0. The number of anilines is 1. The first-order chi connectivity index (χ1) is 9.90.